The van der Waals surface area contributed by atoms with Gasteiger partial charge in [-0.25, -0.2) is 0 Å². The van der Waals surface area contributed by atoms with E-state index >= 15 is 0 Å². The first-order valence-corrected chi connectivity index (χ1v) is 5.22. The number of ether oxygens (including phenoxy) is 1. The molecule has 0 aliphatic heterocycles. The van der Waals surface area contributed by atoms with E-state index in [1.165, 1.54) is 0 Å². The fourth-order valence-electron chi connectivity index (χ4n) is 1.48. The Bertz CT molecular complexity index is 534. The van der Waals surface area contributed by atoms with E-state index in [9.17, 15) is 5.11 Å². The van der Waals surface area contributed by atoms with Crippen LogP contribution in [0.4, 0.5) is 0 Å². The van der Waals surface area contributed by atoms with Crippen molar-refractivity contribution in [2.24, 2.45) is 0 Å². The molecule has 82 valence electrons. The molecule has 0 bridgehead atoms. The van der Waals surface area contributed by atoms with E-state index in [4.69, 9.17) is 16.3 Å². The number of phenolic OH excluding ortho intramolecular Hbond substituents is 1. The van der Waals surface area contributed by atoms with Gasteiger partial charge in [-0.3, -0.25) is 0 Å². The third-order valence-electron chi connectivity index (χ3n) is 2.21. The molecule has 2 nitrogen and oxygen atoms in total. The van der Waals surface area contributed by atoms with Crippen molar-refractivity contribution in [2.75, 3.05) is 6.61 Å². The number of hydrogen-bond donors (Lipinski definition) is 1. The van der Waals surface area contributed by atoms with Crippen molar-refractivity contribution in [2.45, 2.75) is 0 Å². The van der Waals surface area contributed by atoms with Gasteiger partial charge >= 0.3 is 0 Å². The fraction of sp³-hybridized carbons (Fsp3) is 0.0769. The van der Waals surface area contributed by atoms with Gasteiger partial charge in [-0.2, -0.15) is 0 Å². The molecule has 2 rings (SSSR count). The Balaban J connectivity index is 2.38. The molecule has 0 heterocycles. The molecular formula is C13H11ClO2. The minimum absolute atomic E-state index is 0.108. The lowest BCUT2D eigenvalue weighted by Gasteiger charge is -2.08. The predicted octanol–water partition coefficient (Wildman–Crippen LogP) is 3.68. The Morgan fingerprint density at radius 2 is 1.88 bits per heavy atom. The first-order valence-electron chi connectivity index (χ1n) is 4.84. The van der Waals surface area contributed by atoms with Crippen molar-refractivity contribution in [3.8, 4) is 11.5 Å². The lowest BCUT2D eigenvalue weighted by molar-refractivity contribution is 0.334. The molecule has 0 aromatic heterocycles. The number of aromatic hydroxyl groups is 1. The smallest absolute Gasteiger partial charge is 0.162 e. The van der Waals surface area contributed by atoms with Gasteiger partial charge in [0.1, 0.15) is 6.61 Å². The zero-order chi connectivity index (χ0) is 11.5. The normalized spacial score (nSPS) is 10.3. The van der Waals surface area contributed by atoms with Crippen LogP contribution in [0, 0.1) is 0 Å². The summed E-state index contributed by atoms with van der Waals surface area (Å²) < 4.78 is 5.32. The van der Waals surface area contributed by atoms with Crippen LogP contribution in [0.3, 0.4) is 0 Å². The third-order valence-corrected chi connectivity index (χ3v) is 2.32. The van der Waals surface area contributed by atoms with Crippen LogP contribution in [0.1, 0.15) is 0 Å². The van der Waals surface area contributed by atoms with Crippen molar-refractivity contribution >= 4 is 22.4 Å². The van der Waals surface area contributed by atoms with Crippen LogP contribution in [0.15, 0.2) is 48.0 Å². The van der Waals surface area contributed by atoms with E-state index in [1.807, 2.05) is 24.3 Å². The molecule has 0 amide bonds. The summed E-state index contributed by atoms with van der Waals surface area (Å²) in [5, 5.41) is 12.1. The molecule has 2 aromatic rings. The molecular weight excluding hydrogens is 224 g/mol. The van der Waals surface area contributed by atoms with Crippen LogP contribution in [0.25, 0.3) is 10.8 Å². The maximum Gasteiger partial charge on any atom is 0.162 e. The first-order chi connectivity index (χ1) is 7.66. The Labute approximate surface area is 98.7 Å². The van der Waals surface area contributed by atoms with Crippen molar-refractivity contribution < 1.29 is 9.84 Å². The molecule has 0 radical (unpaired) electrons. The molecule has 0 saturated carbocycles. The largest absolute Gasteiger partial charge is 0.504 e. The SMILES string of the molecule is C=C(Cl)COc1cc2ccccc2cc1O. The zero-order valence-corrected chi connectivity index (χ0v) is 9.37. The lowest BCUT2D eigenvalue weighted by atomic mass is 10.1. The van der Waals surface area contributed by atoms with Crippen LogP contribution < -0.4 is 4.74 Å². The molecule has 16 heavy (non-hydrogen) atoms. The average Bonchev–Trinajstić information content (AvgIpc) is 2.26. The summed E-state index contributed by atoms with van der Waals surface area (Å²) in [6.07, 6.45) is 0. The second-order valence-corrected chi connectivity index (χ2v) is 4.01. The van der Waals surface area contributed by atoms with Crippen LogP contribution in [-0.4, -0.2) is 11.7 Å². The van der Waals surface area contributed by atoms with Gasteiger partial charge in [0.15, 0.2) is 11.5 Å². The molecule has 2 aromatic carbocycles. The van der Waals surface area contributed by atoms with E-state index in [-0.39, 0.29) is 12.4 Å². The second kappa shape index (κ2) is 4.45. The van der Waals surface area contributed by atoms with Gasteiger partial charge < -0.3 is 9.84 Å². The fourth-order valence-corrected chi connectivity index (χ4v) is 1.53. The maximum atomic E-state index is 9.72. The summed E-state index contributed by atoms with van der Waals surface area (Å²) in [6.45, 7) is 3.71. The van der Waals surface area contributed by atoms with Gasteiger partial charge in [-0.05, 0) is 22.9 Å². The molecule has 0 unspecified atom stereocenters. The number of benzene rings is 2. The van der Waals surface area contributed by atoms with Crippen molar-refractivity contribution in [1.82, 2.24) is 0 Å². The molecule has 3 heteroatoms. The Hall–Kier alpha value is -1.67. The van der Waals surface area contributed by atoms with E-state index in [2.05, 4.69) is 6.58 Å². The van der Waals surface area contributed by atoms with E-state index in [1.54, 1.807) is 12.1 Å². The Morgan fingerprint density at radius 1 is 1.25 bits per heavy atom. The van der Waals surface area contributed by atoms with Crippen LogP contribution in [0.2, 0.25) is 0 Å². The topological polar surface area (TPSA) is 29.5 Å². The molecule has 0 saturated heterocycles. The standard InChI is InChI=1S/C13H11ClO2/c1-9(14)8-16-13-7-11-5-3-2-4-10(11)6-12(13)15/h2-7,15H,1,8H2. The Morgan fingerprint density at radius 3 is 2.50 bits per heavy atom. The Kier molecular flexibility index (Phi) is 3.02. The summed E-state index contributed by atoms with van der Waals surface area (Å²) in [4.78, 5) is 0. The predicted molar refractivity (Wildman–Crippen MR) is 66.1 cm³/mol. The summed E-state index contributed by atoms with van der Waals surface area (Å²) in [6, 6.07) is 11.2. The van der Waals surface area contributed by atoms with Crippen LogP contribution in [0.5, 0.6) is 11.5 Å². The van der Waals surface area contributed by atoms with Crippen molar-refractivity contribution in [3.63, 3.8) is 0 Å². The minimum atomic E-state index is 0.108. The second-order valence-electron chi connectivity index (χ2n) is 3.47. The summed E-state index contributed by atoms with van der Waals surface area (Å²) in [5.41, 5.74) is 0. The van der Waals surface area contributed by atoms with E-state index in [0.717, 1.165) is 10.8 Å². The van der Waals surface area contributed by atoms with Gasteiger partial charge in [0.2, 0.25) is 0 Å². The van der Waals surface area contributed by atoms with E-state index < -0.39 is 0 Å². The van der Waals surface area contributed by atoms with Gasteiger partial charge in [-0.1, -0.05) is 42.4 Å². The zero-order valence-electron chi connectivity index (χ0n) is 8.61. The monoisotopic (exact) mass is 234 g/mol. The minimum Gasteiger partial charge on any atom is -0.504 e. The number of rotatable bonds is 3. The lowest BCUT2D eigenvalue weighted by Crippen LogP contribution is -1.96. The molecule has 0 atom stereocenters. The third kappa shape index (κ3) is 2.28. The van der Waals surface area contributed by atoms with Crippen molar-refractivity contribution in [3.05, 3.63) is 48.0 Å². The van der Waals surface area contributed by atoms with Gasteiger partial charge in [0.05, 0.1) is 0 Å². The van der Waals surface area contributed by atoms with Gasteiger partial charge in [-0.15, -0.1) is 0 Å². The molecule has 0 aliphatic carbocycles. The maximum absolute atomic E-state index is 9.72. The summed E-state index contributed by atoms with van der Waals surface area (Å²) in [7, 11) is 0. The quantitative estimate of drug-likeness (QED) is 0.878. The molecule has 0 aliphatic rings. The van der Waals surface area contributed by atoms with Gasteiger partial charge in [0, 0.05) is 5.03 Å². The van der Waals surface area contributed by atoms with Crippen LogP contribution >= 0.6 is 11.6 Å². The highest BCUT2D eigenvalue weighted by molar-refractivity contribution is 6.29. The highest BCUT2D eigenvalue weighted by Crippen LogP contribution is 2.31. The highest BCUT2D eigenvalue weighted by atomic mass is 35.5. The molecule has 0 spiro atoms. The molecule has 1 N–H and O–H groups in total. The number of hydrogen-bond acceptors (Lipinski definition) is 2. The molecule has 0 fully saturated rings. The number of halogens is 1. The number of fused-ring (bicyclic) bond motifs is 1. The first kappa shape index (κ1) is 10.8. The summed E-state index contributed by atoms with van der Waals surface area (Å²) >= 11 is 5.60. The van der Waals surface area contributed by atoms with Crippen LogP contribution in [-0.2, 0) is 0 Å². The summed E-state index contributed by atoms with van der Waals surface area (Å²) in [5.74, 6) is 0.525. The van der Waals surface area contributed by atoms with Gasteiger partial charge in [0.25, 0.3) is 0 Å². The van der Waals surface area contributed by atoms with E-state index in [0.29, 0.717) is 10.8 Å². The number of phenols is 1. The van der Waals surface area contributed by atoms with Crippen molar-refractivity contribution in [1.29, 1.82) is 0 Å². The highest BCUT2D eigenvalue weighted by Gasteiger charge is 2.04. The average molecular weight is 235 g/mol.